The van der Waals surface area contributed by atoms with Crippen molar-refractivity contribution in [3.8, 4) is 0 Å². The minimum atomic E-state index is -1.97. The number of hydrogen-bond acceptors (Lipinski definition) is 0. The molecule has 230 valence electrons. The molecule has 0 aliphatic heterocycles. The van der Waals surface area contributed by atoms with Gasteiger partial charge in [0.1, 0.15) is 46.4 Å². The predicted molar refractivity (Wildman–Crippen MR) is 208 cm³/mol. The summed E-state index contributed by atoms with van der Waals surface area (Å²) in [6.07, 6.45) is 8.86. The first-order chi connectivity index (χ1) is 23.3. The average molecular weight is 645 g/mol. The first-order valence-corrected chi connectivity index (χ1v) is 21.0. The van der Waals surface area contributed by atoms with E-state index in [1.54, 1.807) is 0 Å². The Morgan fingerprint density at radius 3 is 0.745 bits per heavy atom. The van der Waals surface area contributed by atoms with Gasteiger partial charge in [-0.25, -0.2) is 0 Å². The Morgan fingerprint density at radius 2 is 0.532 bits per heavy atom. The molecule has 6 aromatic rings. The van der Waals surface area contributed by atoms with Gasteiger partial charge in [0.2, 0.25) is 0 Å². The summed E-state index contributed by atoms with van der Waals surface area (Å²) in [6, 6.07) is 69.1. The Hall–Kier alpha value is -4.08. The van der Waals surface area contributed by atoms with Gasteiger partial charge in [-0.05, 0) is 91.1 Å². The lowest BCUT2D eigenvalue weighted by Crippen LogP contribution is -2.41. The second-order valence-corrected chi connectivity index (χ2v) is 20.3. The van der Waals surface area contributed by atoms with E-state index in [0.717, 1.165) is 0 Å². The third-order valence-corrected chi connectivity index (χ3v) is 20.0. The fraction of sp³-hybridized carbons (Fsp3) is 0.156. The van der Waals surface area contributed by atoms with Crippen molar-refractivity contribution in [3.05, 3.63) is 194 Å². The van der Waals surface area contributed by atoms with Crippen LogP contribution in [0.2, 0.25) is 0 Å². The van der Waals surface area contributed by atoms with Crippen LogP contribution in [-0.4, -0.2) is 12.3 Å². The van der Waals surface area contributed by atoms with Gasteiger partial charge in [-0.2, -0.15) is 0 Å². The number of allylic oxidation sites excluding steroid dienone is 2. The van der Waals surface area contributed by atoms with E-state index in [0.29, 0.717) is 23.7 Å². The molecule has 0 heterocycles. The van der Waals surface area contributed by atoms with Gasteiger partial charge in [0, 0.05) is 11.8 Å². The van der Waals surface area contributed by atoms with Crippen molar-refractivity contribution < 1.29 is 0 Å². The van der Waals surface area contributed by atoms with E-state index in [2.05, 4.69) is 194 Å². The topological polar surface area (TPSA) is 0 Å². The number of benzene rings is 6. The van der Waals surface area contributed by atoms with E-state index in [1.807, 2.05) is 0 Å². The summed E-state index contributed by atoms with van der Waals surface area (Å²) in [6.45, 7) is 0. The predicted octanol–water partition coefficient (Wildman–Crippen LogP) is 8.41. The third kappa shape index (κ3) is 5.43. The molecule has 47 heavy (non-hydrogen) atoms. The highest BCUT2D eigenvalue weighted by Crippen LogP contribution is 2.66. The largest absolute Gasteiger partial charge is 0.112 e. The lowest BCUT2D eigenvalue weighted by Gasteiger charge is -2.37. The van der Waals surface area contributed by atoms with Crippen molar-refractivity contribution in [2.45, 2.75) is 6.42 Å². The van der Waals surface area contributed by atoms with Crippen LogP contribution < -0.4 is 31.8 Å². The maximum Gasteiger partial charge on any atom is 0.112 e. The summed E-state index contributed by atoms with van der Waals surface area (Å²) in [4.78, 5) is 0. The van der Waals surface area contributed by atoms with E-state index in [1.165, 1.54) is 50.6 Å². The SMILES string of the molecule is C1=C[C@H]2C[C@@H]1C(C[P+](c1ccccc1)(c1ccccc1)c1ccccc1)C2C[P+](c1ccccc1)(c1ccccc1)c1ccccc1. The molecular formula is C45H42P2+2. The molecule has 8 rings (SSSR count). The Morgan fingerprint density at radius 1 is 0.319 bits per heavy atom. The lowest BCUT2D eigenvalue weighted by atomic mass is 9.86. The molecule has 2 heteroatoms. The van der Waals surface area contributed by atoms with Crippen LogP contribution in [0.5, 0.6) is 0 Å². The van der Waals surface area contributed by atoms with Crippen molar-refractivity contribution in [1.29, 1.82) is 0 Å². The summed E-state index contributed by atoms with van der Waals surface area (Å²) < 4.78 is 0. The van der Waals surface area contributed by atoms with Gasteiger partial charge in [-0.3, -0.25) is 0 Å². The summed E-state index contributed by atoms with van der Waals surface area (Å²) in [5, 5.41) is 8.99. The third-order valence-electron chi connectivity index (χ3n) is 11.0. The Kier molecular flexibility index (Phi) is 8.50. The Balaban J connectivity index is 1.32. The van der Waals surface area contributed by atoms with E-state index < -0.39 is 14.5 Å². The smallest absolute Gasteiger partial charge is 0.0847 e. The molecule has 0 aromatic heterocycles. The zero-order chi connectivity index (χ0) is 31.5. The molecule has 0 saturated heterocycles. The molecule has 6 aromatic carbocycles. The molecule has 0 nitrogen and oxygen atoms in total. The van der Waals surface area contributed by atoms with Crippen LogP contribution in [0, 0.1) is 23.7 Å². The highest BCUT2D eigenvalue weighted by atomic mass is 31.2. The van der Waals surface area contributed by atoms with E-state index in [9.17, 15) is 0 Å². The summed E-state index contributed by atoms with van der Waals surface area (Å²) in [5.74, 6) is 2.42. The Bertz CT molecular complexity index is 1570. The number of rotatable bonds is 10. The molecule has 0 N–H and O–H groups in total. The van der Waals surface area contributed by atoms with Crippen molar-refractivity contribution in [2.24, 2.45) is 23.7 Å². The molecule has 2 aliphatic carbocycles. The molecule has 0 amide bonds. The molecule has 4 atom stereocenters. The van der Waals surface area contributed by atoms with Crippen LogP contribution in [0.15, 0.2) is 194 Å². The molecule has 2 unspecified atom stereocenters. The first-order valence-electron chi connectivity index (χ1n) is 17.1. The van der Waals surface area contributed by atoms with Crippen LogP contribution in [0.1, 0.15) is 6.42 Å². The molecular weight excluding hydrogens is 602 g/mol. The summed E-state index contributed by atoms with van der Waals surface area (Å²) in [7, 11) is -3.95. The quantitative estimate of drug-likeness (QED) is 0.104. The molecule has 0 spiro atoms. The van der Waals surface area contributed by atoms with Crippen molar-refractivity contribution in [2.75, 3.05) is 12.3 Å². The van der Waals surface area contributed by atoms with Gasteiger partial charge >= 0.3 is 0 Å². The molecule has 2 aliphatic rings. The van der Waals surface area contributed by atoms with Crippen molar-refractivity contribution >= 4 is 46.4 Å². The monoisotopic (exact) mass is 644 g/mol. The fourth-order valence-electron chi connectivity index (χ4n) is 8.82. The van der Waals surface area contributed by atoms with E-state index in [-0.39, 0.29) is 0 Å². The maximum absolute atomic E-state index is 2.59. The minimum Gasteiger partial charge on any atom is -0.0847 e. The van der Waals surface area contributed by atoms with Gasteiger partial charge < -0.3 is 0 Å². The van der Waals surface area contributed by atoms with Gasteiger partial charge in [0.15, 0.2) is 0 Å². The zero-order valence-electron chi connectivity index (χ0n) is 26.8. The van der Waals surface area contributed by atoms with Gasteiger partial charge in [-0.15, -0.1) is 0 Å². The van der Waals surface area contributed by atoms with Crippen LogP contribution in [-0.2, 0) is 0 Å². The molecule has 1 saturated carbocycles. The highest BCUT2D eigenvalue weighted by Gasteiger charge is 2.58. The average Bonchev–Trinajstić information content (AvgIpc) is 3.77. The zero-order valence-corrected chi connectivity index (χ0v) is 28.6. The van der Waals surface area contributed by atoms with E-state index in [4.69, 9.17) is 0 Å². The summed E-state index contributed by atoms with van der Waals surface area (Å²) in [5.41, 5.74) is 0. The summed E-state index contributed by atoms with van der Waals surface area (Å²) >= 11 is 0. The Labute approximate surface area is 281 Å². The number of hydrogen-bond donors (Lipinski definition) is 0. The maximum atomic E-state index is 2.59. The van der Waals surface area contributed by atoms with Crippen LogP contribution >= 0.6 is 14.5 Å². The van der Waals surface area contributed by atoms with Crippen molar-refractivity contribution in [3.63, 3.8) is 0 Å². The molecule has 2 bridgehead atoms. The second kappa shape index (κ2) is 13.2. The minimum absolute atomic E-state index is 0.592. The van der Waals surface area contributed by atoms with Gasteiger partial charge in [-0.1, -0.05) is 121 Å². The highest BCUT2D eigenvalue weighted by molar-refractivity contribution is 7.96. The van der Waals surface area contributed by atoms with Crippen LogP contribution in [0.25, 0.3) is 0 Å². The second-order valence-electron chi connectivity index (χ2n) is 13.3. The lowest BCUT2D eigenvalue weighted by molar-refractivity contribution is 0.374. The number of fused-ring (bicyclic) bond motifs is 2. The normalized spacial score (nSPS) is 20.3. The standard InChI is InChI=1S/C45H42P2/c1-7-19-38(20-8-1)46(39-21-9-2-10-22-39,40-23-11-3-12-24-40)34-44-36-31-32-37(33-36)45(44)35-47(41-25-13-4-14-26-41,42-27-15-5-16-28-42)43-29-17-6-18-30-43/h1-32,36-37,44-45H,33-35H2/q+2/t36-,37+,44?,45?. The van der Waals surface area contributed by atoms with Gasteiger partial charge in [0.25, 0.3) is 0 Å². The van der Waals surface area contributed by atoms with Crippen LogP contribution in [0.3, 0.4) is 0 Å². The van der Waals surface area contributed by atoms with Gasteiger partial charge in [0.05, 0.1) is 12.3 Å². The van der Waals surface area contributed by atoms with Crippen molar-refractivity contribution in [1.82, 2.24) is 0 Å². The first kappa shape index (κ1) is 30.3. The molecule has 1 fully saturated rings. The fourth-order valence-corrected chi connectivity index (χ4v) is 18.3. The van der Waals surface area contributed by atoms with E-state index >= 15 is 0 Å². The molecule has 0 radical (unpaired) electrons. The van der Waals surface area contributed by atoms with Crippen LogP contribution in [0.4, 0.5) is 0 Å².